The molecule has 0 spiro atoms. The van der Waals surface area contributed by atoms with Gasteiger partial charge >= 0.3 is 0 Å². The van der Waals surface area contributed by atoms with Crippen LogP contribution in [0.5, 0.6) is 0 Å². The van der Waals surface area contributed by atoms with E-state index in [0.29, 0.717) is 0 Å². The molecule has 0 rings (SSSR count). The minimum absolute atomic E-state index is 0.139. The van der Waals surface area contributed by atoms with Gasteiger partial charge in [-0.3, -0.25) is 10.1 Å². The maximum atomic E-state index is 9.77. The van der Waals surface area contributed by atoms with Gasteiger partial charge < -0.3 is 0 Å². The minimum Gasteiger partial charge on any atom is -0.265 e. The van der Waals surface area contributed by atoms with Crippen LogP contribution < -0.4 is 0 Å². The normalized spacial score (nSPS) is 9.31. The van der Waals surface area contributed by atoms with Crippen molar-refractivity contribution in [1.82, 2.24) is 0 Å². The summed E-state index contributed by atoms with van der Waals surface area (Å²) in [7, 11) is 0. The molecule has 0 aliphatic heterocycles. The standard InChI is InChI=1S/C6H13NO2.CHI3/c1-2-3-4-5-6-7(8)9;2-1(3)4/h2-6H2,1H3;1H. The maximum Gasteiger partial charge on any atom is 0.203 e. The van der Waals surface area contributed by atoms with Gasteiger partial charge in [0.1, 0.15) is -0.0619 Å². The number of nitrogens with zero attached hydrogens (tertiary/aromatic N) is 1. The Labute approximate surface area is 120 Å². The van der Waals surface area contributed by atoms with E-state index >= 15 is 0 Å². The average Bonchev–Trinajstić information content (AvgIpc) is 1.97. The molecule has 0 saturated carbocycles. The van der Waals surface area contributed by atoms with Crippen molar-refractivity contribution in [1.29, 1.82) is 0 Å². The summed E-state index contributed by atoms with van der Waals surface area (Å²) in [4.78, 5) is 9.51. The fraction of sp³-hybridized carbons (Fsp3) is 1.00. The van der Waals surface area contributed by atoms with E-state index in [2.05, 4.69) is 74.7 Å². The molecule has 0 amide bonds. The summed E-state index contributed by atoms with van der Waals surface area (Å²) in [6, 6.07) is 0. The molecule has 0 heterocycles. The predicted molar refractivity (Wildman–Crippen MR) is 81.9 cm³/mol. The molecule has 3 nitrogen and oxygen atoms in total. The average molecular weight is 525 g/mol. The Kier molecular flexibility index (Phi) is 17.8. The van der Waals surface area contributed by atoms with Crippen molar-refractivity contribution >= 4 is 67.8 Å². The van der Waals surface area contributed by atoms with Crippen LogP contribution in [0, 0.1) is 10.1 Å². The van der Waals surface area contributed by atoms with Gasteiger partial charge in [-0.25, -0.2) is 0 Å². The highest BCUT2D eigenvalue weighted by Crippen LogP contribution is 2.16. The Morgan fingerprint density at radius 3 is 2.00 bits per heavy atom. The lowest BCUT2D eigenvalue weighted by atomic mass is 10.2. The van der Waals surface area contributed by atoms with Gasteiger partial charge in [-0.1, -0.05) is 87.5 Å². The molecule has 0 atom stereocenters. The van der Waals surface area contributed by atoms with Crippen LogP contribution in [-0.2, 0) is 0 Å². The quantitative estimate of drug-likeness (QED) is 0.176. The molecular weight excluding hydrogens is 511 g/mol. The van der Waals surface area contributed by atoms with E-state index in [4.69, 9.17) is 0 Å². The number of unbranched alkanes of at least 4 members (excludes halogenated alkanes) is 3. The summed E-state index contributed by atoms with van der Waals surface area (Å²) in [5, 5.41) is 9.77. The van der Waals surface area contributed by atoms with Gasteiger partial charge in [0.2, 0.25) is 6.54 Å². The Hall–Kier alpha value is 1.59. The first-order valence-corrected chi connectivity index (χ1v) is 7.78. The highest BCUT2D eigenvalue weighted by atomic mass is 127. The molecule has 0 saturated heterocycles. The topological polar surface area (TPSA) is 43.1 Å². The molecule has 0 aliphatic rings. The van der Waals surface area contributed by atoms with E-state index in [1.165, 1.54) is 0 Å². The molecule has 0 N–H and O–H groups in total. The minimum atomic E-state index is -0.254. The molecule has 0 bridgehead atoms. The molecule has 0 radical (unpaired) electrons. The van der Waals surface area contributed by atoms with Gasteiger partial charge in [0.05, 0.1) is 0 Å². The molecule has 0 fully saturated rings. The number of hydrogen-bond acceptors (Lipinski definition) is 2. The molecule has 0 aliphatic carbocycles. The van der Waals surface area contributed by atoms with Crippen LogP contribution >= 0.6 is 67.8 Å². The van der Waals surface area contributed by atoms with Gasteiger partial charge in [-0.2, -0.15) is 0 Å². The van der Waals surface area contributed by atoms with E-state index in [1.807, 2.05) is 0 Å². The Morgan fingerprint density at radius 1 is 1.23 bits per heavy atom. The SMILES string of the molecule is CCCCCC[N+](=O)[O-].IC(I)I. The van der Waals surface area contributed by atoms with Crippen molar-refractivity contribution in [2.24, 2.45) is 0 Å². The van der Waals surface area contributed by atoms with Crippen LogP contribution in [0.25, 0.3) is 0 Å². The summed E-state index contributed by atoms with van der Waals surface area (Å²) < 4.78 is 0.743. The van der Waals surface area contributed by atoms with Gasteiger partial charge in [-0.05, 0) is 6.42 Å². The summed E-state index contributed by atoms with van der Waals surface area (Å²) in [6.45, 7) is 2.23. The number of rotatable bonds is 5. The zero-order valence-corrected chi connectivity index (χ0v) is 14.0. The monoisotopic (exact) mass is 525 g/mol. The lowest BCUT2D eigenvalue weighted by molar-refractivity contribution is -0.480. The van der Waals surface area contributed by atoms with Crippen LogP contribution in [0.4, 0.5) is 0 Å². The van der Waals surface area contributed by atoms with Crippen LogP contribution in [0.15, 0.2) is 0 Å². The predicted octanol–water partition coefficient (Wildman–Crippen LogP) is 4.42. The summed E-state index contributed by atoms with van der Waals surface area (Å²) in [5.74, 6) is 0. The summed E-state index contributed by atoms with van der Waals surface area (Å²) in [5.41, 5.74) is 0. The summed E-state index contributed by atoms with van der Waals surface area (Å²) in [6.07, 6.45) is 3.99. The number of alkyl halides is 3. The lowest BCUT2D eigenvalue weighted by Gasteiger charge is -1.91. The highest BCUT2D eigenvalue weighted by Gasteiger charge is 1.94. The second-order valence-corrected chi connectivity index (χ2v) is 13.3. The van der Waals surface area contributed by atoms with Crippen LogP contribution in [-0.4, -0.2) is 11.4 Å². The third kappa shape index (κ3) is 31.7. The second-order valence-electron chi connectivity index (χ2n) is 2.36. The van der Waals surface area contributed by atoms with Gasteiger partial charge in [0, 0.05) is 11.3 Å². The lowest BCUT2D eigenvalue weighted by Crippen LogP contribution is -1.99. The van der Waals surface area contributed by atoms with Crippen molar-refractivity contribution in [3.8, 4) is 0 Å². The Bertz CT molecular complexity index is 120. The molecule has 80 valence electrons. The van der Waals surface area contributed by atoms with Crippen molar-refractivity contribution in [2.75, 3.05) is 6.54 Å². The van der Waals surface area contributed by atoms with Gasteiger partial charge in [-0.15, -0.1) is 0 Å². The fourth-order valence-corrected chi connectivity index (χ4v) is 0.668. The fourth-order valence-electron chi connectivity index (χ4n) is 0.668. The molecule has 0 unspecified atom stereocenters. The smallest absolute Gasteiger partial charge is 0.203 e. The zero-order chi connectivity index (χ0) is 10.7. The third-order valence-corrected chi connectivity index (χ3v) is 1.19. The molecule has 13 heavy (non-hydrogen) atoms. The van der Waals surface area contributed by atoms with Crippen LogP contribution in [0.2, 0.25) is 0 Å². The first-order valence-electron chi connectivity index (χ1n) is 4.04. The van der Waals surface area contributed by atoms with E-state index < -0.39 is 0 Å². The Morgan fingerprint density at radius 2 is 1.69 bits per heavy atom. The molecule has 0 aromatic carbocycles. The first-order chi connectivity index (χ1) is 6.00. The second kappa shape index (κ2) is 13.6. The summed E-state index contributed by atoms with van der Waals surface area (Å²) >= 11 is 6.95. The van der Waals surface area contributed by atoms with E-state index in [-0.39, 0.29) is 11.5 Å². The van der Waals surface area contributed by atoms with Crippen molar-refractivity contribution in [3.63, 3.8) is 0 Å². The molecule has 0 aromatic rings. The van der Waals surface area contributed by atoms with E-state index in [0.717, 1.165) is 25.6 Å². The maximum absolute atomic E-state index is 9.77. The number of nitro groups is 1. The molecular formula is C7H14I3NO2. The van der Waals surface area contributed by atoms with Crippen LogP contribution in [0.1, 0.15) is 32.6 Å². The first kappa shape index (κ1) is 17.0. The van der Waals surface area contributed by atoms with Gasteiger partial charge in [0.25, 0.3) is 0 Å². The Balaban J connectivity index is 0. The van der Waals surface area contributed by atoms with Crippen LogP contribution in [0.3, 0.4) is 0 Å². The number of hydrogen-bond donors (Lipinski definition) is 0. The zero-order valence-electron chi connectivity index (χ0n) is 7.51. The van der Waals surface area contributed by atoms with Crippen molar-refractivity contribution in [3.05, 3.63) is 10.1 Å². The van der Waals surface area contributed by atoms with Crippen molar-refractivity contribution < 1.29 is 4.92 Å². The van der Waals surface area contributed by atoms with E-state index in [1.54, 1.807) is 0 Å². The molecule has 0 aromatic heterocycles. The van der Waals surface area contributed by atoms with Crippen molar-refractivity contribution in [2.45, 2.75) is 32.5 Å². The van der Waals surface area contributed by atoms with E-state index in [9.17, 15) is 10.1 Å². The third-order valence-electron chi connectivity index (χ3n) is 1.19. The largest absolute Gasteiger partial charge is 0.265 e. The highest BCUT2D eigenvalue weighted by molar-refractivity contribution is 14.3. The molecule has 6 heteroatoms. The number of halogens is 3. The van der Waals surface area contributed by atoms with Gasteiger partial charge in [0.15, 0.2) is 0 Å².